The van der Waals surface area contributed by atoms with Crippen LogP contribution >= 0.6 is 0 Å². The second-order valence-electron chi connectivity index (χ2n) is 3.36. The predicted molar refractivity (Wildman–Crippen MR) is 57.0 cm³/mol. The first kappa shape index (κ1) is 14.4. The highest BCUT2D eigenvalue weighted by Crippen LogP contribution is 1.92. The van der Waals surface area contributed by atoms with Gasteiger partial charge in [0.15, 0.2) is 0 Å². The Kier molecular flexibility index (Phi) is 6.86. The third-order valence-corrected chi connectivity index (χ3v) is 1.82. The molecule has 0 aromatic heterocycles. The Hall–Kier alpha value is -1.63. The molecule has 0 atom stereocenters. The molecule has 0 aliphatic heterocycles. The molecule has 0 saturated carbocycles. The molecular formula is C9H17N3O4. The van der Waals surface area contributed by atoms with Gasteiger partial charge in [-0.15, -0.1) is 0 Å². The Labute approximate surface area is 93.8 Å². The van der Waals surface area contributed by atoms with Gasteiger partial charge in [0, 0.05) is 13.5 Å². The lowest BCUT2D eigenvalue weighted by Crippen LogP contribution is -2.42. The molecule has 0 aliphatic carbocycles. The van der Waals surface area contributed by atoms with Gasteiger partial charge in [-0.3, -0.25) is 19.8 Å². The van der Waals surface area contributed by atoms with Crippen molar-refractivity contribution in [2.45, 2.75) is 12.8 Å². The van der Waals surface area contributed by atoms with Crippen molar-refractivity contribution in [2.24, 2.45) is 0 Å². The summed E-state index contributed by atoms with van der Waals surface area (Å²) >= 11 is 0. The van der Waals surface area contributed by atoms with Gasteiger partial charge in [0.1, 0.15) is 0 Å². The van der Waals surface area contributed by atoms with E-state index < -0.39 is 17.9 Å². The Morgan fingerprint density at radius 2 is 1.94 bits per heavy atom. The van der Waals surface area contributed by atoms with E-state index in [1.165, 1.54) is 7.05 Å². The van der Waals surface area contributed by atoms with Gasteiger partial charge in [0.05, 0.1) is 6.54 Å². The zero-order valence-electron chi connectivity index (χ0n) is 9.45. The first-order valence-electron chi connectivity index (χ1n) is 4.87. The van der Waals surface area contributed by atoms with Gasteiger partial charge in [-0.1, -0.05) is 0 Å². The SMILES string of the molecule is CNC(=O)NC(=O)CN(C)CCCC(=O)O. The highest BCUT2D eigenvalue weighted by molar-refractivity contribution is 5.95. The number of nitrogens with one attached hydrogen (secondary N) is 2. The quantitative estimate of drug-likeness (QED) is 0.558. The van der Waals surface area contributed by atoms with Crippen LogP contribution in [0.1, 0.15) is 12.8 Å². The minimum absolute atomic E-state index is 0.0625. The molecule has 7 nitrogen and oxygen atoms in total. The topological polar surface area (TPSA) is 98.7 Å². The number of rotatable bonds is 6. The number of likely N-dealkylation sites (N-methyl/N-ethyl adjacent to an activating group) is 1. The summed E-state index contributed by atoms with van der Waals surface area (Å²) in [6.45, 7) is 0.556. The molecule has 3 N–H and O–H groups in total. The van der Waals surface area contributed by atoms with Gasteiger partial charge in [-0.05, 0) is 20.0 Å². The van der Waals surface area contributed by atoms with Crippen molar-refractivity contribution in [1.82, 2.24) is 15.5 Å². The van der Waals surface area contributed by atoms with Crippen LogP contribution in [0.5, 0.6) is 0 Å². The number of amides is 3. The summed E-state index contributed by atoms with van der Waals surface area (Å²) in [5.41, 5.74) is 0. The van der Waals surface area contributed by atoms with Crippen LogP contribution in [0.2, 0.25) is 0 Å². The Morgan fingerprint density at radius 3 is 2.44 bits per heavy atom. The highest BCUT2D eigenvalue weighted by atomic mass is 16.4. The smallest absolute Gasteiger partial charge is 0.321 e. The molecule has 0 spiro atoms. The number of imide groups is 1. The molecule has 0 unspecified atom stereocenters. The van der Waals surface area contributed by atoms with E-state index in [-0.39, 0.29) is 13.0 Å². The normalized spacial score (nSPS) is 9.94. The molecule has 0 aromatic carbocycles. The van der Waals surface area contributed by atoms with Crippen molar-refractivity contribution in [3.63, 3.8) is 0 Å². The van der Waals surface area contributed by atoms with Gasteiger partial charge < -0.3 is 10.4 Å². The molecule has 0 fully saturated rings. The van der Waals surface area contributed by atoms with Crippen molar-refractivity contribution >= 4 is 17.9 Å². The van der Waals surface area contributed by atoms with E-state index in [0.29, 0.717) is 13.0 Å². The lowest BCUT2D eigenvalue weighted by molar-refractivity contribution is -0.137. The minimum Gasteiger partial charge on any atom is -0.481 e. The molecule has 0 aliphatic rings. The molecule has 16 heavy (non-hydrogen) atoms. The number of carboxylic acid groups (broad SMARTS) is 1. The van der Waals surface area contributed by atoms with Crippen LogP contribution in [-0.2, 0) is 9.59 Å². The fraction of sp³-hybridized carbons (Fsp3) is 0.667. The minimum atomic E-state index is -0.858. The van der Waals surface area contributed by atoms with E-state index in [1.807, 2.05) is 0 Å². The number of nitrogens with zero attached hydrogens (tertiary/aromatic N) is 1. The second-order valence-corrected chi connectivity index (χ2v) is 3.36. The lowest BCUT2D eigenvalue weighted by atomic mass is 10.3. The molecule has 7 heteroatoms. The average Bonchev–Trinajstić information content (AvgIpc) is 2.16. The zero-order chi connectivity index (χ0) is 12.6. The first-order valence-corrected chi connectivity index (χ1v) is 4.87. The number of carbonyl (C=O) groups excluding carboxylic acids is 2. The van der Waals surface area contributed by atoms with E-state index in [2.05, 4.69) is 10.6 Å². The molecule has 3 amide bonds. The molecule has 0 bridgehead atoms. The third-order valence-electron chi connectivity index (χ3n) is 1.82. The van der Waals surface area contributed by atoms with Crippen LogP contribution in [-0.4, -0.2) is 55.1 Å². The van der Waals surface area contributed by atoms with Crippen LogP contribution in [0.15, 0.2) is 0 Å². The predicted octanol–water partition coefficient (Wildman–Crippen LogP) is -0.761. The largest absolute Gasteiger partial charge is 0.481 e. The number of aliphatic carboxylic acids is 1. The van der Waals surface area contributed by atoms with Crippen LogP contribution in [0, 0.1) is 0 Å². The number of hydrogen-bond acceptors (Lipinski definition) is 4. The van der Waals surface area contributed by atoms with Crippen molar-refractivity contribution in [3.8, 4) is 0 Å². The summed E-state index contributed by atoms with van der Waals surface area (Å²) in [4.78, 5) is 33.8. The average molecular weight is 231 g/mol. The Bertz CT molecular complexity index is 267. The maximum atomic E-state index is 11.2. The van der Waals surface area contributed by atoms with Gasteiger partial charge in [-0.25, -0.2) is 4.79 Å². The number of carbonyl (C=O) groups is 3. The van der Waals surface area contributed by atoms with E-state index in [0.717, 1.165) is 0 Å². The number of urea groups is 1. The van der Waals surface area contributed by atoms with Crippen LogP contribution in [0.3, 0.4) is 0 Å². The van der Waals surface area contributed by atoms with E-state index in [4.69, 9.17) is 5.11 Å². The fourth-order valence-electron chi connectivity index (χ4n) is 1.05. The maximum Gasteiger partial charge on any atom is 0.321 e. The molecule has 92 valence electrons. The van der Waals surface area contributed by atoms with E-state index in [9.17, 15) is 14.4 Å². The zero-order valence-corrected chi connectivity index (χ0v) is 9.45. The van der Waals surface area contributed by atoms with Gasteiger partial charge >= 0.3 is 12.0 Å². The van der Waals surface area contributed by atoms with Crippen molar-refractivity contribution in [3.05, 3.63) is 0 Å². The second kappa shape index (κ2) is 7.63. The van der Waals surface area contributed by atoms with Crippen molar-refractivity contribution in [2.75, 3.05) is 27.2 Å². The molecule has 0 saturated heterocycles. The van der Waals surface area contributed by atoms with Crippen molar-refractivity contribution in [1.29, 1.82) is 0 Å². The summed E-state index contributed by atoms with van der Waals surface area (Å²) in [5.74, 6) is -1.28. The van der Waals surface area contributed by atoms with Gasteiger partial charge in [-0.2, -0.15) is 0 Å². The first-order chi connectivity index (χ1) is 7.45. The van der Waals surface area contributed by atoms with Crippen LogP contribution in [0.25, 0.3) is 0 Å². The highest BCUT2D eigenvalue weighted by Gasteiger charge is 2.09. The molecule has 0 rings (SSSR count). The van der Waals surface area contributed by atoms with E-state index >= 15 is 0 Å². The number of hydrogen-bond donors (Lipinski definition) is 3. The van der Waals surface area contributed by atoms with Crippen LogP contribution in [0.4, 0.5) is 4.79 Å². The van der Waals surface area contributed by atoms with Gasteiger partial charge in [0.25, 0.3) is 0 Å². The summed E-state index contributed by atoms with van der Waals surface area (Å²) < 4.78 is 0. The van der Waals surface area contributed by atoms with Crippen molar-refractivity contribution < 1.29 is 19.5 Å². The summed E-state index contributed by atoms with van der Waals surface area (Å²) in [7, 11) is 3.10. The summed E-state index contributed by atoms with van der Waals surface area (Å²) in [6, 6.07) is -0.552. The summed E-state index contributed by atoms with van der Waals surface area (Å²) in [5, 5.41) is 12.8. The molecule has 0 heterocycles. The fourth-order valence-corrected chi connectivity index (χ4v) is 1.05. The van der Waals surface area contributed by atoms with Crippen LogP contribution < -0.4 is 10.6 Å². The Balaban J connectivity index is 3.69. The van der Waals surface area contributed by atoms with Gasteiger partial charge in [0.2, 0.25) is 5.91 Å². The standard InChI is InChI=1S/C9H17N3O4/c1-10-9(16)11-7(13)6-12(2)5-3-4-8(14)15/h3-6H2,1-2H3,(H,14,15)(H2,10,11,13,16). The molecule has 0 radical (unpaired) electrons. The Morgan fingerprint density at radius 1 is 1.31 bits per heavy atom. The van der Waals surface area contributed by atoms with E-state index in [1.54, 1.807) is 11.9 Å². The number of carboxylic acids is 1. The summed E-state index contributed by atoms with van der Waals surface area (Å²) in [6.07, 6.45) is 0.542. The third kappa shape index (κ3) is 7.74. The maximum absolute atomic E-state index is 11.2. The lowest BCUT2D eigenvalue weighted by Gasteiger charge is -2.14. The monoisotopic (exact) mass is 231 g/mol. The molecular weight excluding hydrogens is 214 g/mol. The molecule has 0 aromatic rings.